The Morgan fingerprint density at radius 1 is 1.00 bits per heavy atom. The summed E-state index contributed by atoms with van der Waals surface area (Å²) in [5, 5.41) is 37.8. The average Bonchev–Trinajstić information content (AvgIpc) is 2.47. The fraction of sp³-hybridized carbons (Fsp3) is 0.0625. The van der Waals surface area contributed by atoms with E-state index < -0.39 is 11.5 Å². The first kappa shape index (κ1) is 15.2. The highest BCUT2D eigenvalue weighted by Crippen LogP contribution is 2.33. The van der Waals surface area contributed by atoms with Crippen molar-refractivity contribution >= 4 is 11.9 Å². The molecule has 6 heteroatoms. The molecule has 2 rings (SSSR count). The molecule has 2 aromatic carbocycles. The largest absolute Gasteiger partial charge is 0.508 e. The molecule has 0 aromatic heterocycles. The topological polar surface area (TPSA) is 107 Å². The normalized spacial score (nSPS) is 10.8. The second-order valence-electron chi connectivity index (χ2n) is 4.49. The highest BCUT2D eigenvalue weighted by molar-refractivity contribution is 6.10. The average molecular weight is 302 g/mol. The van der Waals surface area contributed by atoms with E-state index in [-0.39, 0.29) is 28.6 Å². The maximum atomic E-state index is 12.2. The third-order valence-electron chi connectivity index (χ3n) is 2.96. The van der Waals surface area contributed by atoms with Crippen LogP contribution in [0.25, 0.3) is 6.08 Å². The Morgan fingerprint density at radius 2 is 1.73 bits per heavy atom. The number of ketones is 1. The first-order chi connectivity index (χ1) is 10.4. The van der Waals surface area contributed by atoms with E-state index in [9.17, 15) is 25.2 Å². The molecule has 6 nitrogen and oxygen atoms in total. The highest BCUT2D eigenvalue weighted by Gasteiger charge is 2.16. The SMILES string of the molecule is COc1cc(O)cc(O)c1C(=O)/C=C/c1ccc(O)c(O)c1. The zero-order chi connectivity index (χ0) is 16.3. The summed E-state index contributed by atoms with van der Waals surface area (Å²) in [6, 6.07) is 6.33. The van der Waals surface area contributed by atoms with Gasteiger partial charge in [0.2, 0.25) is 0 Å². The van der Waals surface area contributed by atoms with Crippen LogP contribution in [0.3, 0.4) is 0 Å². The summed E-state index contributed by atoms with van der Waals surface area (Å²) >= 11 is 0. The number of phenols is 4. The van der Waals surface area contributed by atoms with Gasteiger partial charge in [-0.05, 0) is 23.8 Å². The third-order valence-corrected chi connectivity index (χ3v) is 2.96. The van der Waals surface area contributed by atoms with E-state index in [1.54, 1.807) is 0 Å². The molecule has 0 fully saturated rings. The fourth-order valence-electron chi connectivity index (χ4n) is 1.89. The lowest BCUT2D eigenvalue weighted by atomic mass is 10.1. The molecule has 0 heterocycles. The van der Waals surface area contributed by atoms with Crippen molar-refractivity contribution in [3.8, 4) is 28.7 Å². The molecular weight excluding hydrogens is 288 g/mol. The summed E-state index contributed by atoms with van der Waals surface area (Å²) in [5.41, 5.74) is 0.403. The van der Waals surface area contributed by atoms with Crippen molar-refractivity contribution < 1.29 is 30.0 Å². The van der Waals surface area contributed by atoms with Gasteiger partial charge in [0.1, 0.15) is 22.8 Å². The first-order valence-electron chi connectivity index (χ1n) is 6.26. The monoisotopic (exact) mass is 302 g/mol. The second-order valence-corrected chi connectivity index (χ2v) is 4.49. The molecule has 22 heavy (non-hydrogen) atoms. The van der Waals surface area contributed by atoms with Crippen LogP contribution in [-0.4, -0.2) is 33.3 Å². The smallest absolute Gasteiger partial charge is 0.193 e. The van der Waals surface area contributed by atoms with Crippen LogP contribution in [0.4, 0.5) is 0 Å². The van der Waals surface area contributed by atoms with E-state index in [1.165, 1.54) is 43.5 Å². The van der Waals surface area contributed by atoms with Gasteiger partial charge in [-0.15, -0.1) is 0 Å². The Morgan fingerprint density at radius 3 is 2.36 bits per heavy atom. The molecule has 0 atom stereocenters. The van der Waals surface area contributed by atoms with Gasteiger partial charge in [-0.2, -0.15) is 0 Å². The van der Waals surface area contributed by atoms with Gasteiger partial charge in [-0.1, -0.05) is 12.1 Å². The second kappa shape index (κ2) is 6.09. The first-order valence-corrected chi connectivity index (χ1v) is 6.26. The minimum atomic E-state index is -0.540. The van der Waals surface area contributed by atoms with E-state index in [1.807, 2.05) is 0 Å². The summed E-state index contributed by atoms with van der Waals surface area (Å²) in [6.45, 7) is 0. The van der Waals surface area contributed by atoms with Crippen molar-refractivity contribution in [1.82, 2.24) is 0 Å². The van der Waals surface area contributed by atoms with E-state index in [4.69, 9.17) is 4.74 Å². The Hall–Kier alpha value is -3.15. The molecule has 0 bridgehead atoms. The molecule has 0 spiro atoms. The van der Waals surface area contributed by atoms with E-state index >= 15 is 0 Å². The van der Waals surface area contributed by atoms with Gasteiger partial charge in [-0.25, -0.2) is 0 Å². The molecule has 2 aromatic rings. The number of aromatic hydroxyl groups is 4. The molecule has 0 unspecified atom stereocenters. The Balaban J connectivity index is 2.33. The molecule has 0 amide bonds. The summed E-state index contributed by atoms with van der Waals surface area (Å²) in [5.74, 6) is -1.69. The van der Waals surface area contributed by atoms with Crippen LogP contribution in [0.1, 0.15) is 15.9 Å². The number of ether oxygens (including phenoxy) is 1. The van der Waals surface area contributed by atoms with Crippen LogP contribution in [-0.2, 0) is 0 Å². The van der Waals surface area contributed by atoms with Crippen molar-refractivity contribution in [2.45, 2.75) is 0 Å². The Bertz CT molecular complexity index is 749. The van der Waals surface area contributed by atoms with Crippen LogP contribution in [0, 0.1) is 0 Å². The summed E-state index contributed by atoms with van der Waals surface area (Å²) in [7, 11) is 1.31. The van der Waals surface area contributed by atoms with Crippen LogP contribution >= 0.6 is 0 Å². The number of hydrogen-bond acceptors (Lipinski definition) is 6. The Labute approximate surface area is 126 Å². The number of carbonyl (C=O) groups is 1. The van der Waals surface area contributed by atoms with Crippen LogP contribution in [0.5, 0.6) is 28.7 Å². The molecule has 0 aliphatic heterocycles. The predicted molar refractivity (Wildman–Crippen MR) is 79.5 cm³/mol. The van der Waals surface area contributed by atoms with E-state index in [2.05, 4.69) is 0 Å². The minimum absolute atomic E-state index is 0.0423. The Kier molecular flexibility index (Phi) is 4.22. The zero-order valence-corrected chi connectivity index (χ0v) is 11.6. The van der Waals surface area contributed by atoms with Crippen LogP contribution < -0.4 is 4.74 Å². The van der Waals surface area contributed by atoms with Gasteiger partial charge < -0.3 is 25.2 Å². The number of phenolic OH excluding ortho intramolecular Hbond substituents is 4. The summed E-state index contributed by atoms with van der Waals surface area (Å²) < 4.78 is 4.97. The van der Waals surface area contributed by atoms with Crippen molar-refractivity contribution in [3.05, 3.63) is 47.5 Å². The third kappa shape index (κ3) is 3.12. The zero-order valence-electron chi connectivity index (χ0n) is 11.6. The summed E-state index contributed by atoms with van der Waals surface area (Å²) in [4.78, 5) is 12.2. The lowest BCUT2D eigenvalue weighted by molar-refractivity contribution is 0.104. The van der Waals surface area contributed by atoms with Gasteiger partial charge in [0.15, 0.2) is 17.3 Å². The van der Waals surface area contributed by atoms with Gasteiger partial charge >= 0.3 is 0 Å². The predicted octanol–water partition coefficient (Wildman–Crippen LogP) is 2.41. The van der Waals surface area contributed by atoms with Crippen LogP contribution in [0.2, 0.25) is 0 Å². The van der Waals surface area contributed by atoms with Crippen LogP contribution in [0.15, 0.2) is 36.4 Å². The lowest BCUT2D eigenvalue weighted by Crippen LogP contribution is -1.99. The number of benzene rings is 2. The van der Waals surface area contributed by atoms with Gasteiger partial charge in [-0.3, -0.25) is 4.79 Å². The number of allylic oxidation sites excluding steroid dienone is 1. The van der Waals surface area contributed by atoms with Gasteiger partial charge in [0.05, 0.1) is 7.11 Å². The van der Waals surface area contributed by atoms with Crippen molar-refractivity contribution in [2.75, 3.05) is 7.11 Å². The molecule has 0 aliphatic carbocycles. The maximum absolute atomic E-state index is 12.2. The molecule has 4 N–H and O–H groups in total. The number of methoxy groups -OCH3 is 1. The fourth-order valence-corrected chi connectivity index (χ4v) is 1.89. The van der Waals surface area contributed by atoms with Crippen molar-refractivity contribution in [3.63, 3.8) is 0 Å². The quantitative estimate of drug-likeness (QED) is 0.392. The van der Waals surface area contributed by atoms with Gasteiger partial charge in [0, 0.05) is 12.1 Å². The lowest BCUT2D eigenvalue weighted by Gasteiger charge is -2.08. The molecule has 114 valence electrons. The van der Waals surface area contributed by atoms with Gasteiger partial charge in [0.25, 0.3) is 0 Å². The van der Waals surface area contributed by atoms with E-state index in [0.29, 0.717) is 5.56 Å². The van der Waals surface area contributed by atoms with E-state index in [0.717, 1.165) is 6.07 Å². The molecular formula is C16H14O6. The number of rotatable bonds is 4. The number of hydrogen-bond donors (Lipinski definition) is 4. The molecule has 0 radical (unpaired) electrons. The van der Waals surface area contributed by atoms with Crippen molar-refractivity contribution in [1.29, 1.82) is 0 Å². The number of carbonyl (C=O) groups excluding carboxylic acids is 1. The highest BCUT2D eigenvalue weighted by atomic mass is 16.5. The molecule has 0 aliphatic rings. The van der Waals surface area contributed by atoms with Crippen molar-refractivity contribution in [2.24, 2.45) is 0 Å². The maximum Gasteiger partial charge on any atom is 0.193 e. The standard InChI is InChI=1S/C16H14O6/c1-22-15-8-10(17)7-14(21)16(15)12(19)5-3-9-2-4-11(18)13(20)6-9/h2-8,17-18,20-21H,1H3/b5-3+. The molecule has 0 saturated heterocycles. The summed E-state index contributed by atoms with van der Waals surface area (Å²) in [6.07, 6.45) is 2.59. The molecule has 0 saturated carbocycles. The minimum Gasteiger partial charge on any atom is -0.508 e.